The average Bonchev–Trinajstić information content (AvgIpc) is 2.72. The van der Waals surface area contributed by atoms with Crippen LogP contribution in [0.15, 0.2) is 54.6 Å². The zero-order valence-corrected chi connectivity index (χ0v) is 19.1. The summed E-state index contributed by atoms with van der Waals surface area (Å²) in [4.78, 5) is 0. The average molecular weight is 394 g/mol. The van der Waals surface area contributed by atoms with Crippen molar-refractivity contribution in [1.82, 2.24) is 0 Å². The highest BCUT2D eigenvalue weighted by atomic mass is 14.7. The van der Waals surface area contributed by atoms with Gasteiger partial charge in [0, 0.05) is 11.5 Å². The monoisotopic (exact) mass is 393 g/mol. The van der Waals surface area contributed by atoms with Crippen molar-refractivity contribution in [3.63, 3.8) is 0 Å². The van der Waals surface area contributed by atoms with E-state index in [0.717, 1.165) is 0 Å². The number of benzene rings is 2. The molecule has 0 aliphatic heterocycles. The maximum Gasteiger partial charge on any atom is 0.0355 e. The molecule has 0 aliphatic carbocycles. The Balaban J connectivity index is 1.91. The minimum absolute atomic E-state index is 0.318. The second-order valence-electron chi connectivity index (χ2n) is 9.24. The van der Waals surface area contributed by atoms with Gasteiger partial charge in [0.25, 0.3) is 0 Å². The minimum Gasteiger partial charge on any atom is -0.322 e. The van der Waals surface area contributed by atoms with Crippen molar-refractivity contribution >= 4 is 0 Å². The molecule has 29 heavy (non-hydrogen) atoms. The quantitative estimate of drug-likeness (QED) is 0.321. The topological polar surface area (TPSA) is 26.0 Å². The van der Waals surface area contributed by atoms with Crippen molar-refractivity contribution in [2.75, 3.05) is 0 Å². The summed E-state index contributed by atoms with van der Waals surface area (Å²) in [6.07, 6.45) is 15.0. The number of hydrogen-bond donors (Lipinski definition) is 1. The molecule has 2 rings (SSSR count). The lowest BCUT2D eigenvalue weighted by atomic mass is 9.80. The van der Waals surface area contributed by atoms with E-state index in [9.17, 15) is 0 Å². The molecule has 0 bridgehead atoms. The summed E-state index contributed by atoms with van der Waals surface area (Å²) >= 11 is 0. The molecule has 1 atom stereocenters. The molecule has 0 saturated heterocycles. The molecule has 0 saturated carbocycles. The summed E-state index contributed by atoms with van der Waals surface area (Å²) in [6, 6.07) is 19.8. The summed E-state index contributed by atoms with van der Waals surface area (Å²) in [5.41, 5.74) is 10.3. The van der Waals surface area contributed by atoms with E-state index < -0.39 is 0 Å². The zero-order valence-electron chi connectivity index (χ0n) is 19.1. The third kappa shape index (κ3) is 8.34. The fourth-order valence-corrected chi connectivity index (χ4v) is 4.41. The van der Waals surface area contributed by atoms with Crippen LogP contribution in [0.5, 0.6) is 0 Å². The molecule has 2 aromatic rings. The zero-order chi connectivity index (χ0) is 21.0. The maximum atomic E-state index is 6.53. The van der Waals surface area contributed by atoms with Crippen LogP contribution in [0.3, 0.4) is 0 Å². The van der Waals surface area contributed by atoms with Crippen LogP contribution in [-0.4, -0.2) is 0 Å². The first-order valence-electron chi connectivity index (χ1n) is 12.0. The van der Waals surface area contributed by atoms with Gasteiger partial charge in [-0.3, -0.25) is 0 Å². The van der Waals surface area contributed by atoms with Gasteiger partial charge in [0.05, 0.1) is 0 Å². The first-order chi connectivity index (χ1) is 14.0. The largest absolute Gasteiger partial charge is 0.322 e. The van der Waals surface area contributed by atoms with E-state index >= 15 is 0 Å². The second kappa shape index (κ2) is 12.9. The summed E-state index contributed by atoms with van der Waals surface area (Å²) in [7, 11) is 0. The van der Waals surface area contributed by atoms with Gasteiger partial charge in [-0.2, -0.15) is 0 Å². The molecule has 0 amide bonds. The second-order valence-corrected chi connectivity index (χ2v) is 9.24. The van der Waals surface area contributed by atoms with E-state index in [4.69, 9.17) is 5.73 Å². The lowest BCUT2D eigenvalue weighted by Crippen LogP contribution is -2.30. The highest BCUT2D eigenvalue weighted by molar-refractivity contribution is 5.41. The number of hydrogen-bond acceptors (Lipinski definition) is 1. The van der Waals surface area contributed by atoms with Crippen molar-refractivity contribution in [2.24, 2.45) is 5.73 Å². The molecule has 2 aromatic carbocycles. The van der Waals surface area contributed by atoms with Crippen molar-refractivity contribution < 1.29 is 0 Å². The molecular formula is C28H43N. The summed E-state index contributed by atoms with van der Waals surface area (Å²) < 4.78 is 0. The molecule has 0 heterocycles. The third-order valence-electron chi connectivity index (χ3n) is 6.08. The molecule has 1 unspecified atom stereocenters. The molecule has 0 radical (unpaired) electrons. The van der Waals surface area contributed by atoms with Gasteiger partial charge >= 0.3 is 0 Å². The SMILES string of the molecule is CCCCCCCCCCCCC(c1ccccc1)c1ccccc1C(C)(C)N. The van der Waals surface area contributed by atoms with Crippen LogP contribution in [0.1, 0.15) is 114 Å². The molecule has 160 valence electrons. The Morgan fingerprint density at radius 1 is 0.690 bits per heavy atom. The summed E-state index contributed by atoms with van der Waals surface area (Å²) in [5, 5.41) is 0. The molecule has 0 aliphatic rings. The van der Waals surface area contributed by atoms with Gasteiger partial charge in [0.15, 0.2) is 0 Å². The Bertz CT molecular complexity index is 668. The molecular weight excluding hydrogens is 350 g/mol. The summed E-state index contributed by atoms with van der Waals surface area (Å²) in [5.74, 6) is 0.435. The molecule has 0 fully saturated rings. The van der Waals surface area contributed by atoms with Gasteiger partial charge in [0.1, 0.15) is 0 Å². The molecule has 0 aromatic heterocycles. The molecule has 2 N–H and O–H groups in total. The Labute approximate surface area is 180 Å². The van der Waals surface area contributed by atoms with Gasteiger partial charge in [-0.05, 0) is 37.0 Å². The van der Waals surface area contributed by atoms with Gasteiger partial charge in [0.2, 0.25) is 0 Å². The number of unbranched alkanes of at least 4 members (excludes halogenated alkanes) is 9. The first-order valence-corrected chi connectivity index (χ1v) is 12.0. The lowest BCUT2D eigenvalue weighted by Gasteiger charge is -2.28. The standard InChI is InChI=1S/C28H43N/c1-4-5-6-7-8-9-10-11-12-16-21-25(24-19-14-13-15-20-24)26-22-17-18-23-27(26)28(2,3)29/h13-15,17-20,22-23,25H,4-12,16,21,29H2,1-3H3. The van der Waals surface area contributed by atoms with E-state index in [1.54, 1.807) is 0 Å². The van der Waals surface area contributed by atoms with Crippen molar-refractivity contribution in [3.05, 3.63) is 71.3 Å². The van der Waals surface area contributed by atoms with E-state index in [1.165, 1.54) is 87.3 Å². The molecule has 0 spiro atoms. The fraction of sp³-hybridized carbons (Fsp3) is 0.571. The smallest absolute Gasteiger partial charge is 0.0355 e. The predicted octanol–water partition coefficient (Wildman–Crippen LogP) is 8.32. The number of nitrogens with two attached hydrogens (primary N) is 1. The van der Waals surface area contributed by atoms with Crippen LogP contribution in [-0.2, 0) is 5.54 Å². The lowest BCUT2D eigenvalue weighted by molar-refractivity contribution is 0.524. The minimum atomic E-state index is -0.318. The van der Waals surface area contributed by atoms with Gasteiger partial charge < -0.3 is 5.73 Å². The van der Waals surface area contributed by atoms with Crippen LogP contribution in [0.25, 0.3) is 0 Å². The van der Waals surface area contributed by atoms with Crippen molar-refractivity contribution in [1.29, 1.82) is 0 Å². The van der Waals surface area contributed by atoms with Crippen LogP contribution in [0, 0.1) is 0 Å². The van der Waals surface area contributed by atoms with Crippen molar-refractivity contribution in [3.8, 4) is 0 Å². The normalized spacial score (nSPS) is 12.8. The maximum absolute atomic E-state index is 6.53. The van der Waals surface area contributed by atoms with Gasteiger partial charge in [-0.25, -0.2) is 0 Å². The van der Waals surface area contributed by atoms with E-state index in [0.29, 0.717) is 5.92 Å². The Morgan fingerprint density at radius 2 is 1.21 bits per heavy atom. The highest BCUT2D eigenvalue weighted by Crippen LogP contribution is 2.35. The number of rotatable bonds is 14. The predicted molar refractivity (Wildman–Crippen MR) is 128 cm³/mol. The van der Waals surface area contributed by atoms with E-state index in [-0.39, 0.29) is 5.54 Å². The van der Waals surface area contributed by atoms with Crippen LogP contribution < -0.4 is 5.73 Å². The van der Waals surface area contributed by atoms with Crippen LogP contribution in [0.2, 0.25) is 0 Å². The molecule has 1 heteroatoms. The fourth-order valence-electron chi connectivity index (χ4n) is 4.41. The highest BCUT2D eigenvalue weighted by Gasteiger charge is 2.23. The first kappa shape index (κ1) is 23.7. The Morgan fingerprint density at radius 3 is 1.79 bits per heavy atom. The van der Waals surface area contributed by atoms with Gasteiger partial charge in [-0.1, -0.05) is 126 Å². The van der Waals surface area contributed by atoms with E-state index in [2.05, 4.69) is 75.4 Å². The van der Waals surface area contributed by atoms with Gasteiger partial charge in [-0.15, -0.1) is 0 Å². The van der Waals surface area contributed by atoms with Crippen LogP contribution >= 0.6 is 0 Å². The Hall–Kier alpha value is -1.60. The van der Waals surface area contributed by atoms with Crippen molar-refractivity contribution in [2.45, 2.75) is 103 Å². The Kier molecular flexibility index (Phi) is 10.5. The summed E-state index contributed by atoms with van der Waals surface area (Å²) in [6.45, 7) is 6.53. The molecule has 1 nitrogen and oxygen atoms in total. The van der Waals surface area contributed by atoms with E-state index in [1.807, 2.05) is 0 Å². The third-order valence-corrected chi connectivity index (χ3v) is 6.08. The van der Waals surface area contributed by atoms with Crippen LogP contribution in [0.4, 0.5) is 0 Å².